The molecule has 46 valence electrons. The Balaban J connectivity index is 3.14. The summed E-state index contributed by atoms with van der Waals surface area (Å²) in [5, 5.41) is 0. The summed E-state index contributed by atoms with van der Waals surface area (Å²) >= 11 is 5.16. The van der Waals surface area contributed by atoms with Crippen LogP contribution < -0.4 is 0 Å². The van der Waals surface area contributed by atoms with Crippen LogP contribution in [0.1, 0.15) is 13.8 Å². The standard InChI is InChI=1S/C5H12ClI/c1-4-7(3)5(2)6/h5H,4H2,1-3H3. The van der Waals surface area contributed by atoms with Gasteiger partial charge in [0.1, 0.15) is 0 Å². The van der Waals surface area contributed by atoms with Gasteiger partial charge in [-0.3, -0.25) is 0 Å². The van der Waals surface area contributed by atoms with E-state index in [-0.39, 0.29) is 0 Å². The van der Waals surface area contributed by atoms with E-state index in [1.54, 1.807) is 0 Å². The normalized spacial score (nSPS) is 16.3. The van der Waals surface area contributed by atoms with E-state index in [9.17, 15) is 0 Å². The summed E-state index contributed by atoms with van der Waals surface area (Å²) in [4.78, 5) is 2.32. The fourth-order valence-corrected chi connectivity index (χ4v) is 2.21. The van der Waals surface area contributed by atoms with Gasteiger partial charge in [0.05, 0.1) is 0 Å². The average molecular weight is 235 g/mol. The Morgan fingerprint density at radius 1 is 1.71 bits per heavy atom. The zero-order valence-corrected chi connectivity index (χ0v) is 7.95. The van der Waals surface area contributed by atoms with Crippen molar-refractivity contribution < 1.29 is 0 Å². The van der Waals surface area contributed by atoms with Gasteiger partial charge in [-0.05, 0) is 0 Å². The molecule has 0 aromatic carbocycles. The van der Waals surface area contributed by atoms with Crippen molar-refractivity contribution in [3.05, 3.63) is 0 Å². The van der Waals surface area contributed by atoms with Gasteiger partial charge in [0, 0.05) is 0 Å². The Morgan fingerprint density at radius 2 is 2.14 bits per heavy atom. The van der Waals surface area contributed by atoms with Gasteiger partial charge >= 0.3 is 58.0 Å². The zero-order chi connectivity index (χ0) is 5.86. The van der Waals surface area contributed by atoms with Crippen molar-refractivity contribution in [1.82, 2.24) is 0 Å². The molecule has 0 bridgehead atoms. The minimum absolute atomic E-state index is 0.495. The molecular weight excluding hydrogens is 222 g/mol. The van der Waals surface area contributed by atoms with Crippen LogP contribution in [0.2, 0.25) is 0 Å². The van der Waals surface area contributed by atoms with E-state index in [1.807, 2.05) is 0 Å². The summed E-state index contributed by atoms with van der Waals surface area (Å²) in [6.07, 6.45) is 0. The number of hydrogen-bond donors (Lipinski definition) is 0. The second kappa shape index (κ2) is 3.96. The Kier molecular flexibility index (Phi) is 4.53. The molecule has 0 aliphatic heterocycles. The first-order valence-corrected chi connectivity index (χ1v) is 7.73. The van der Waals surface area contributed by atoms with E-state index in [0.29, 0.717) is 3.38 Å². The van der Waals surface area contributed by atoms with E-state index >= 15 is 0 Å². The SMILES string of the molecule is CCI(C)C(C)Cl. The van der Waals surface area contributed by atoms with E-state index in [4.69, 9.17) is 11.6 Å². The first-order valence-electron chi connectivity index (χ1n) is 2.37. The third kappa shape index (κ3) is 3.59. The molecule has 0 saturated heterocycles. The molecule has 0 aliphatic carbocycles. The molecule has 0 nitrogen and oxygen atoms in total. The minimum atomic E-state index is -0.637. The van der Waals surface area contributed by atoms with Crippen LogP contribution in [0.15, 0.2) is 0 Å². The number of alkyl halides is 4. The molecule has 1 unspecified atom stereocenters. The van der Waals surface area contributed by atoms with Crippen LogP contribution in [-0.4, -0.2) is 12.7 Å². The molecule has 1 atom stereocenters. The Bertz CT molecular complexity index is 45.3. The monoisotopic (exact) mass is 234 g/mol. The molecule has 0 N–H and O–H groups in total. The van der Waals surface area contributed by atoms with Gasteiger partial charge in [0.25, 0.3) is 0 Å². The van der Waals surface area contributed by atoms with Gasteiger partial charge in [-0.15, -0.1) is 0 Å². The van der Waals surface area contributed by atoms with Crippen LogP contribution in [0.25, 0.3) is 0 Å². The van der Waals surface area contributed by atoms with Crippen LogP contribution in [0, 0.1) is 0 Å². The van der Waals surface area contributed by atoms with E-state index in [2.05, 4.69) is 18.8 Å². The first kappa shape index (κ1) is 8.02. The van der Waals surface area contributed by atoms with E-state index in [0.717, 1.165) is 0 Å². The van der Waals surface area contributed by atoms with Crippen molar-refractivity contribution >= 4 is 31.4 Å². The fraction of sp³-hybridized carbons (Fsp3) is 1.00. The molecule has 2 heteroatoms. The summed E-state index contributed by atoms with van der Waals surface area (Å²) in [6.45, 7) is 4.33. The summed E-state index contributed by atoms with van der Waals surface area (Å²) in [5.74, 6) is 0. The van der Waals surface area contributed by atoms with Crippen molar-refractivity contribution in [2.45, 2.75) is 17.2 Å². The van der Waals surface area contributed by atoms with E-state index in [1.165, 1.54) is 4.43 Å². The first-order chi connectivity index (χ1) is 3.18. The maximum atomic E-state index is 5.80. The van der Waals surface area contributed by atoms with Crippen LogP contribution in [0.5, 0.6) is 0 Å². The van der Waals surface area contributed by atoms with Crippen molar-refractivity contribution in [3.63, 3.8) is 0 Å². The van der Waals surface area contributed by atoms with Crippen molar-refractivity contribution in [3.8, 4) is 0 Å². The van der Waals surface area contributed by atoms with Gasteiger partial charge in [0.2, 0.25) is 0 Å². The van der Waals surface area contributed by atoms with Crippen LogP contribution in [0.3, 0.4) is 0 Å². The predicted octanol–water partition coefficient (Wildman–Crippen LogP) is 2.73. The second-order valence-electron chi connectivity index (χ2n) is 1.43. The second-order valence-corrected chi connectivity index (χ2v) is 9.86. The van der Waals surface area contributed by atoms with Gasteiger partial charge in [0.15, 0.2) is 0 Å². The topological polar surface area (TPSA) is 0 Å². The molecule has 0 amide bonds. The third-order valence-electron chi connectivity index (χ3n) is 0.935. The Morgan fingerprint density at radius 3 is 2.14 bits per heavy atom. The molecule has 0 aromatic rings. The van der Waals surface area contributed by atoms with Gasteiger partial charge in [-0.25, -0.2) is 0 Å². The van der Waals surface area contributed by atoms with Crippen molar-refractivity contribution in [2.24, 2.45) is 0 Å². The van der Waals surface area contributed by atoms with Crippen LogP contribution in [-0.2, 0) is 0 Å². The maximum absolute atomic E-state index is 5.80. The molecule has 0 heterocycles. The van der Waals surface area contributed by atoms with Gasteiger partial charge in [-0.2, -0.15) is 0 Å². The molecule has 0 spiro atoms. The third-order valence-corrected chi connectivity index (χ3v) is 8.16. The number of rotatable bonds is 2. The number of hydrogen-bond acceptors (Lipinski definition) is 0. The molecule has 0 aliphatic rings. The fourth-order valence-electron chi connectivity index (χ4n) is 0.213. The van der Waals surface area contributed by atoms with Crippen LogP contribution >= 0.6 is 31.4 Å². The van der Waals surface area contributed by atoms with Crippen LogP contribution in [0.4, 0.5) is 0 Å². The number of halogens is 2. The zero-order valence-electron chi connectivity index (χ0n) is 5.04. The summed E-state index contributed by atoms with van der Waals surface area (Å²) in [5.41, 5.74) is 0. The quantitative estimate of drug-likeness (QED) is 0.509. The molecular formula is C5H12ClI. The van der Waals surface area contributed by atoms with Gasteiger partial charge < -0.3 is 0 Å². The molecule has 0 rings (SSSR count). The summed E-state index contributed by atoms with van der Waals surface area (Å²) < 4.78 is 1.84. The Labute approximate surface area is 58.0 Å². The van der Waals surface area contributed by atoms with Gasteiger partial charge in [-0.1, -0.05) is 0 Å². The molecule has 0 saturated carbocycles. The summed E-state index contributed by atoms with van der Waals surface area (Å²) in [6, 6.07) is 0. The molecule has 7 heavy (non-hydrogen) atoms. The molecule has 0 fully saturated rings. The summed E-state index contributed by atoms with van der Waals surface area (Å²) in [7, 11) is 0. The van der Waals surface area contributed by atoms with Crippen molar-refractivity contribution in [1.29, 1.82) is 0 Å². The molecule has 0 aromatic heterocycles. The Hall–Kier alpha value is 1.02. The molecule has 0 radical (unpaired) electrons. The van der Waals surface area contributed by atoms with E-state index < -0.39 is 19.8 Å². The average Bonchev–Trinajstić information content (AvgIpc) is 1.65. The van der Waals surface area contributed by atoms with Crippen molar-refractivity contribution in [2.75, 3.05) is 9.36 Å². The predicted molar refractivity (Wildman–Crippen MR) is 45.8 cm³/mol.